The van der Waals surface area contributed by atoms with E-state index in [2.05, 4.69) is 14.8 Å². The van der Waals surface area contributed by atoms with Crippen LogP contribution in [-0.4, -0.2) is 38.1 Å². The predicted octanol–water partition coefficient (Wildman–Crippen LogP) is 1.44. The van der Waals surface area contributed by atoms with E-state index in [-0.39, 0.29) is 12.0 Å². The Morgan fingerprint density at radius 2 is 1.65 bits per heavy atom. The van der Waals surface area contributed by atoms with Gasteiger partial charge in [0.25, 0.3) is 5.91 Å². The Kier molecular flexibility index (Phi) is 6.62. The lowest BCUT2D eigenvalue weighted by Crippen LogP contribution is -2.46. The number of methoxy groups -OCH3 is 2. The highest BCUT2D eigenvalue weighted by Crippen LogP contribution is 2.13. The lowest BCUT2D eigenvalue weighted by molar-refractivity contribution is -0.146. The van der Waals surface area contributed by atoms with E-state index in [0.717, 1.165) is 19.2 Å². The molecule has 1 aromatic rings. The molecular formula is C15H17F2NO5. The van der Waals surface area contributed by atoms with Crippen LogP contribution in [0.5, 0.6) is 0 Å². The first kappa shape index (κ1) is 18.5. The zero-order valence-corrected chi connectivity index (χ0v) is 12.9. The second-order valence-electron chi connectivity index (χ2n) is 4.89. The van der Waals surface area contributed by atoms with Crippen LogP contribution < -0.4 is 5.32 Å². The van der Waals surface area contributed by atoms with Gasteiger partial charge in [-0.15, -0.1) is 0 Å². The Bertz CT molecular complexity index is 585. The van der Waals surface area contributed by atoms with Gasteiger partial charge in [0.05, 0.1) is 20.6 Å². The van der Waals surface area contributed by atoms with Crippen molar-refractivity contribution in [2.45, 2.75) is 19.4 Å². The summed E-state index contributed by atoms with van der Waals surface area (Å²) in [4.78, 5) is 35.2. The van der Waals surface area contributed by atoms with Crippen LogP contribution in [0.25, 0.3) is 0 Å². The molecule has 0 aromatic heterocycles. The van der Waals surface area contributed by atoms with E-state index in [1.54, 1.807) is 0 Å². The lowest BCUT2D eigenvalue weighted by atomic mass is 9.97. The van der Waals surface area contributed by atoms with Crippen LogP contribution in [0.1, 0.15) is 23.7 Å². The zero-order valence-electron chi connectivity index (χ0n) is 12.9. The molecule has 0 saturated heterocycles. The van der Waals surface area contributed by atoms with Crippen molar-refractivity contribution < 1.29 is 32.6 Å². The molecule has 0 heterocycles. The van der Waals surface area contributed by atoms with Gasteiger partial charge in [0.1, 0.15) is 17.7 Å². The summed E-state index contributed by atoms with van der Waals surface area (Å²) in [6.07, 6.45) is -0.145. The number of benzene rings is 1. The van der Waals surface area contributed by atoms with Crippen LogP contribution in [0.4, 0.5) is 8.78 Å². The number of amides is 1. The number of hydrogen-bond donors (Lipinski definition) is 1. The number of hydrogen-bond acceptors (Lipinski definition) is 5. The van der Waals surface area contributed by atoms with E-state index in [1.165, 1.54) is 14.0 Å². The fourth-order valence-corrected chi connectivity index (χ4v) is 1.93. The van der Waals surface area contributed by atoms with E-state index in [1.807, 2.05) is 0 Å². The van der Waals surface area contributed by atoms with Gasteiger partial charge < -0.3 is 14.8 Å². The van der Waals surface area contributed by atoms with Crippen LogP contribution >= 0.6 is 0 Å². The normalized spacial score (nSPS) is 12.9. The highest BCUT2D eigenvalue weighted by atomic mass is 19.1. The highest BCUT2D eigenvalue weighted by molar-refractivity contribution is 5.97. The number of nitrogens with one attached hydrogen (secondary N) is 1. The molecule has 1 aromatic carbocycles. The number of ether oxygens (including phenoxy) is 2. The molecule has 0 bridgehead atoms. The maximum atomic E-state index is 13.2. The van der Waals surface area contributed by atoms with Crippen LogP contribution in [0.3, 0.4) is 0 Å². The first-order valence-electron chi connectivity index (χ1n) is 6.70. The van der Waals surface area contributed by atoms with E-state index in [9.17, 15) is 23.2 Å². The van der Waals surface area contributed by atoms with Crippen molar-refractivity contribution in [3.05, 3.63) is 35.4 Å². The molecule has 1 N–H and O–H groups in total. The minimum Gasteiger partial charge on any atom is -0.469 e. The first-order chi connectivity index (χ1) is 10.8. The monoisotopic (exact) mass is 329 g/mol. The molecule has 0 aliphatic carbocycles. The molecule has 0 aliphatic rings. The molecule has 23 heavy (non-hydrogen) atoms. The summed E-state index contributed by atoms with van der Waals surface area (Å²) in [5, 5.41) is 2.31. The average molecular weight is 329 g/mol. The third kappa shape index (κ3) is 5.32. The lowest BCUT2D eigenvalue weighted by Gasteiger charge is -2.22. The SMILES string of the molecule is COC(=O)C[C@@H](C)[C@@H](NC(=O)c1cc(F)cc(F)c1)C(=O)OC. The Hall–Kier alpha value is -2.51. The molecule has 0 radical (unpaired) electrons. The molecule has 0 aliphatic heterocycles. The molecule has 0 spiro atoms. The molecule has 0 fully saturated rings. The van der Waals surface area contributed by atoms with Crippen molar-refractivity contribution in [3.63, 3.8) is 0 Å². The van der Waals surface area contributed by atoms with Crippen molar-refractivity contribution in [1.29, 1.82) is 0 Å². The molecule has 6 nitrogen and oxygen atoms in total. The van der Waals surface area contributed by atoms with Crippen molar-refractivity contribution >= 4 is 17.8 Å². The molecule has 1 rings (SSSR count). The highest BCUT2D eigenvalue weighted by Gasteiger charge is 2.30. The molecule has 2 atom stereocenters. The summed E-state index contributed by atoms with van der Waals surface area (Å²) in [6.45, 7) is 1.53. The Labute approximate surface area is 131 Å². The van der Waals surface area contributed by atoms with Crippen LogP contribution in [-0.2, 0) is 19.1 Å². The number of carbonyl (C=O) groups excluding carboxylic acids is 3. The zero-order chi connectivity index (χ0) is 17.6. The summed E-state index contributed by atoms with van der Waals surface area (Å²) in [6, 6.07) is 1.11. The van der Waals surface area contributed by atoms with E-state index in [4.69, 9.17) is 0 Å². The topological polar surface area (TPSA) is 81.7 Å². The Morgan fingerprint density at radius 1 is 1.09 bits per heavy atom. The van der Waals surface area contributed by atoms with Gasteiger partial charge in [0.15, 0.2) is 0 Å². The minimum absolute atomic E-state index is 0.145. The second kappa shape index (κ2) is 8.21. The second-order valence-corrected chi connectivity index (χ2v) is 4.89. The Morgan fingerprint density at radius 3 is 2.13 bits per heavy atom. The van der Waals surface area contributed by atoms with E-state index >= 15 is 0 Å². The van der Waals surface area contributed by atoms with E-state index < -0.39 is 41.4 Å². The van der Waals surface area contributed by atoms with Crippen molar-refractivity contribution in [2.75, 3.05) is 14.2 Å². The first-order valence-corrected chi connectivity index (χ1v) is 6.70. The average Bonchev–Trinajstić information content (AvgIpc) is 2.50. The molecule has 8 heteroatoms. The van der Waals surface area contributed by atoms with Crippen molar-refractivity contribution in [1.82, 2.24) is 5.32 Å². The van der Waals surface area contributed by atoms with Gasteiger partial charge >= 0.3 is 11.9 Å². The Balaban J connectivity index is 2.94. The van der Waals surface area contributed by atoms with Crippen LogP contribution in [0.2, 0.25) is 0 Å². The van der Waals surface area contributed by atoms with Crippen molar-refractivity contribution in [2.24, 2.45) is 5.92 Å². The van der Waals surface area contributed by atoms with Gasteiger partial charge in [-0.2, -0.15) is 0 Å². The largest absolute Gasteiger partial charge is 0.469 e. The molecular weight excluding hydrogens is 312 g/mol. The maximum Gasteiger partial charge on any atom is 0.328 e. The minimum atomic E-state index is -1.17. The number of halogens is 2. The van der Waals surface area contributed by atoms with Crippen LogP contribution in [0, 0.1) is 17.6 Å². The molecule has 0 unspecified atom stereocenters. The molecule has 0 saturated carbocycles. The third-order valence-corrected chi connectivity index (χ3v) is 3.15. The van der Waals surface area contributed by atoms with Gasteiger partial charge in [0.2, 0.25) is 0 Å². The predicted molar refractivity (Wildman–Crippen MR) is 75.4 cm³/mol. The standard InChI is InChI=1S/C15H17F2NO5/c1-8(4-12(19)22-2)13(15(21)23-3)18-14(20)9-5-10(16)7-11(17)6-9/h5-8,13H,4H2,1-3H3,(H,18,20)/t8-,13-/m1/s1. The van der Waals surface area contributed by atoms with Crippen LogP contribution in [0.15, 0.2) is 18.2 Å². The number of rotatable bonds is 6. The maximum absolute atomic E-state index is 13.2. The summed E-state index contributed by atoms with van der Waals surface area (Å²) in [5.74, 6) is -4.71. The van der Waals surface area contributed by atoms with E-state index in [0.29, 0.717) is 6.07 Å². The fraction of sp³-hybridized carbons (Fsp3) is 0.400. The van der Waals surface area contributed by atoms with Gasteiger partial charge in [-0.1, -0.05) is 6.92 Å². The number of esters is 2. The van der Waals surface area contributed by atoms with Gasteiger partial charge in [-0.3, -0.25) is 9.59 Å². The van der Waals surface area contributed by atoms with Crippen molar-refractivity contribution in [3.8, 4) is 0 Å². The summed E-state index contributed by atoms with van der Waals surface area (Å²) < 4.78 is 35.4. The number of carbonyl (C=O) groups is 3. The van der Waals surface area contributed by atoms with Gasteiger partial charge in [0, 0.05) is 11.6 Å². The van der Waals surface area contributed by atoms with Gasteiger partial charge in [-0.05, 0) is 18.1 Å². The molecule has 126 valence electrons. The quantitative estimate of drug-likeness (QED) is 0.799. The van der Waals surface area contributed by atoms with Gasteiger partial charge in [-0.25, -0.2) is 13.6 Å². The molecule has 1 amide bonds. The summed E-state index contributed by atoms with van der Waals surface area (Å²) in [7, 11) is 2.31. The summed E-state index contributed by atoms with van der Waals surface area (Å²) >= 11 is 0. The third-order valence-electron chi connectivity index (χ3n) is 3.15. The summed E-state index contributed by atoms with van der Waals surface area (Å²) in [5.41, 5.74) is -0.290. The fourth-order valence-electron chi connectivity index (χ4n) is 1.93. The smallest absolute Gasteiger partial charge is 0.328 e.